The van der Waals surface area contributed by atoms with E-state index in [-0.39, 0.29) is 11.5 Å². The molecule has 0 aliphatic rings. The van der Waals surface area contributed by atoms with Crippen LogP contribution in [0.3, 0.4) is 0 Å². The molecule has 1 aromatic carbocycles. The molecule has 0 aromatic heterocycles. The van der Waals surface area contributed by atoms with Crippen molar-refractivity contribution >= 4 is 11.9 Å². The van der Waals surface area contributed by atoms with Crippen LogP contribution in [0, 0.1) is 0 Å². The molecule has 0 heterocycles. The van der Waals surface area contributed by atoms with Gasteiger partial charge in [-0.25, -0.2) is 4.79 Å². The number of carboxylic acids is 1. The highest BCUT2D eigenvalue weighted by atomic mass is 16.4. The average Bonchev–Trinajstić information content (AvgIpc) is 2.37. The molecule has 5 heteroatoms. The van der Waals surface area contributed by atoms with Crippen LogP contribution in [0.5, 0.6) is 0 Å². The van der Waals surface area contributed by atoms with Crippen LogP contribution < -0.4 is 10.6 Å². The van der Waals surface area contributed by atoms with E-state index in [1.165, 1.54) is 12.1 Å². The van der Waals surface area contributed by atoms with E-state index in [9.17, 15) is 9.59 Å². The minimum Gasteiger partial charge on any atom is -0.478 e. The van der Waals surface area contributed by atoms with Crippen molar-refractivity contribution in [2.75, 3.05) is 13.6 Å². The first-order chi connectivity index (χ1) is 8.63. The number of nitrogens with one attached hydrogen (secondary N) is 2. The van der Waals surface area contributed by atoms with Crippen molar-refractivity contribution in [2.45, 2.75) is 19.4 Å². The lowest BCUT2D eigenvalue weighted by atomic mass is 10.1. The van der Waals surface area contributed by atoms with E-state index in [1.807, 2.05) is 7.05 Å². The van der Waals surface area contributed by atoms with Crippen LogP contribution >= 0.6 is 0 Å². The molecule has 0 bridgehead atoms. The van der Waals surface area contributed by atoms with Gasteiger partial charge in [0, 0.05) is 13.0 Å². The molecule has 5 nitrogen and oxygen atoms in total. The van der Waals surface area contributed by atoms with Gasteiger partial charge in [-0.3, -0.25) is 4.79 Å². The van der Waals surface area contributed by atoms with E-state index in [0.717, 1.165) is 18.5 Å². The first-order valence-electron chi connectivity index (χ1n) is 5.87. The van der Waals surface area contributed by atoms with Crippen molar-refractivity contribution in [3.05, 3.63) is 35.4 Å². The van der Waals surface area contributed by atoms with Gasteiger partial charge in [-0.1, -0.05) is 12.1 Å². The zero-order chi connectivity index (χ0) is 13.4. The third kappa shape index (κ3) is 4.97. The van der Waals surface area contributed by atoms with Gasteiger partial charge in [-0.2, -0.15) is 0 Å². The van der Waals surface area contributed by atoms with Crippen molar-refractivity contribution in [1.29, 1.82) is 0 Å². The summed E-state index contributed by atoms with van der Waals surface area (Å²) in [5, 5.41) is 14.5. The summed E-state index contributed by atoms with van der Waals surface area (Å²) in [4.78, 5) is 22.1. The van der Waals surface area contributed by atoms with Crippen LogP contribution in [-0.2, 0) is 11.3 Å². The Morgan fingerprint density at radius 3 is 2.44 bits per heavy atom. The Morgan fingerprint density at radius 1 is 1.22 bits per heavy atom. The summed E-state index contributed by atoms with van der Waals surface area (Å²) in [6, 6.07) is 6.48. The molecule has 98 valence electrons. The second-order valence-electron chi connectivity index (χ2n) is 3.99. The van der Waals surface area contributed by atoms with Gasteiger partial charge in [0.1, 0.15) is 0 Å². The molecule has 0 saturated heterocycles. The molecule has 1 amide bonds. The fourth-order valence-electron chi connectivity index (χ4n) is 1.48. The largest absolute Gasteiger partial charge is 0.478 e. The SMILES string of the molecule is CNCCCC(=O)NCc1ccc(C(=O)O)cc1. The fraction of sp³-hybridized carbons (Fsp3) is 0.385. The van der Waals surface area contributed by atoms with E-state index in [2.05, 4.69) is 10.6 Å². The van der Waals surface area contributed by atoms with Crippen LogP contribution in [0.15, 0.2) is 24.3 Å². The monoisotopic (exact) mass is 250 g/mol. The van der Waals surface area contributed by atoms with Gasteiger partial charge in [-0.05, 0) is 37.7 Å². The summed E-state index contributed by atoms with van der Waals surface area (Å²) < 4.78 is 0. The van der Waals surface area contributed by atoms with Crippen LogP contribution in [0.2, 0.25) is 0 Å². The number of rotatable bonds is 7. The van der Waals surface area contributed by atoms with Crippen molar-refractivity contribution < 1.29 is 14.7 Å². The smallest absolute Gasteiger partial charge is 0.335 e. The molecule has 0 aliphatic heterocycles. The summed E-state index contributed by atoms with van der Waals surface area (Å²) in [5.41, 5.74) is 1.14. The number of hydrogen-bond donors (Lipinski definition) is 3. The Balaban J connectivity index is 2.34. The lowest BCUT2D eigenvalue weighted by Crippen LogP contribution is -2.23. The van der Waals surface area contributed by atoms with E-state index in [0.29, 0.717) is 13.0 Å². The van der Waals surface area contributed by atoms with Crippen LogP contribution in [0.4, 0.5) is 0 Å². The molecule has 1 aromatic rings. The van der Waals surface area contributed by atoms with Gasteiger partial charge in [0.15, 0.2) is 0 Å². The quantitative estimate of drug-likeness (QED) is 0.631. The number of aromatic carboxylic acids is 1. The highest BCUT2D eigenvalue weighted by Gasteiger charge is 2.03. The number of benzene rings is 1. The van der Waals surface area contributed by atoms with Gasteiger partial charge in [-0.15, -0.1) is 0 Å². The van der Waals surface area contributed by atoms with Crippen molar-refractivity contribution in [2.24, 2.45) is 0 Å². The van der Waals surface area contributed by atoms with Crippen LogP contribution in [0.25, 0.3) is 0 Å². The van der Waals surface area contributed by atoms with Gasteiger partial charge in [0.05, 0.1) is 5.56 Å². The van der Waals surface area contributed by atoms with Crippen molar-refractivity contribution in [3.63, 3.8) is 0 Å². The normalized spacial score (nSPS) is 10.1. The Kier molecular flexibility index (Phi) is 5.87. The van der Waals surface area contributed by atoms with E-state index < -0.39 is 5.97 Å². The molecular formula is C13H18N2O3. The lowest BCUT2D eigenvalue weighted by molar-refractivity contribution is -0.121. The van der Waals surface area contributed by atoms with Gasteiger partial charge in [0.2, 0.25) is 5.91 Å². The van der Waals surface area contributed by atoms with E-state index >= 15 is 0 Å². The maximum Gasteiger partial charge on any atom is 0.335 e. The third-order valence-corrected chi connectivity index (χ3v) is 2.52. The molecule has 0 atom stereocenters. The summed E-state index contributed by atoms with van der Waals surface area (Å²) >= 11 is 0. The Labute approximate surface area is 106 Å². The summed E-state index contributed by atoms with van der Waals surface area (Å²) in [7, 11) is 1.85. The number of carbonyl (C=O) groups excluding carboxylic acids is 1. The molecular weight excluding hydrogens is 232 g/mol. The molecule has 1 rings (SSSR count). The fourth-order valence-corrected chi connectivity index (χ4v) is 1.48. The zero-order valence-corrected chi connectivity index (χ0v) is 10.4. The lowest BCUT2D eigenvalue weighted by Gasteiger charge is -2.05. The minimum absolute atomic E-state index is 0.00700. The van der Waals surface area contributed by atoms with Crippen molar-refractivity contribution in [3.8, 4) is 0 Å². The first kappa shape index (κ1) is 14.2. The first-order valence-corrected chi connectivity index (χ1v) is 5.87. The second-order valence-corrected chi connectivity index (χ2v) is 3.99. The van der Waals surface area contributed by atoms with E-state index in [4.69, 9.17) is 5.11 Å². The Morgan fingerprint density at radius 2 is 1.89 bits per heavy atom. The summed E-state index contributed by atoms with van der Waals surface area (Å²) in [6.45, 7) is 1.25. The second kappa shape index (κ2) is 7.45. The summed E-state index contributed by atoms with van der Waals surface area (Å²) in [6.07, 6.45) is 1.30. The summed E-state index contributed by atoms with van der Waals surface area (Å²) in [5.74, 6) is -0.940. The molecule has 0 fully saturated rings. The van der Waals surface area contributed by atoms with E-state index in [1.54, 1.807) is 12.1 Å². The maximum atomic E-state index is 11.4. The molecule has 3 N–H and O–H groups in total. The number of amides is 1. The zero-order valence-electron chi connectivity index (χ0n) is 10.4. The van der Waals surface area contributed by atoms with Gasteiger partial charge >= 0.3 is 5.97 Å². The number of hydrogen-bond acceptors (Lipinski definition) is 3. The molecule has 18 heavy (non-hydrogen) atoms. The highest BCUT2D eigenvalue weighted by Crippen LogP contribution is 2.04. The Bertz CT molecular complexity index is 401. The topological polar surface area (TPSA) is 78.4 Å². The van der Waals surface area contributed by atoms with Gasteiger partial charge in [0.25, 0.3) is 0 Å². The van der Waals surface area contributed by atoms with Crippen molar-refractivity contribution in [1.82, 2.24) is 10.6 Å². The standard InChI is InChI=1S/C13H18N2O3/c1-14-8-2-3-12(16)15-9-10-4-6-11(7-5-10)13(17)18/h4-7,14H,2-3,8-9H2,1H3,(H,15,16)(H,17,18). The Hall–Kier alpha value is -1.88. The van der Waals surface area contributed by atoms with Gasteiger partial charge < -0.3 is 15.7 Å². The molecule has 0 radical (unpaired) electrons. The molecule has 0 unspecified atom stereocenters. The molecule has 0 aliphatic carbocycles. The number of carbonyl (C=O) groups is 2. The van der Waals surface area contributed by atoms with Crippen LogP contribution in [-0.4, -0.2) is 30.6 Å². The molecule has 0 saturated carbocycles. The predicted octanol–water partition coefficient (Wildman–Crippen LogP) is 1.00. The molecule has 0 spiro atoms. The van der Waals surface area contributed by atoms with Crippen LogP contribution in [0.1, 0.15) is 28.8 Å². The predicted molar refractivity (Wildman–Crippen MR) is 68.4 cm³/mol. The highest BCUT2D eigenvalue weighted by molar-refractivity contribution is 5.87. The third-order valence-electron chi connectivity index (χ3n) is 2.52. The maximum absolute atomic E-state index is 11.4. The minimum atomic E-state index is -0.947. The average molecular weight is 250 g/mol. The number of carboxylic acid groups (broad SMARTS) is 1.